The number of carbonyl (C=O) groups is 1. The van der Waals surface area contributed by atoms with Gasteiger partial charge in [-0.3, -0.25) is 24.7 Å². The van der Waals surface area contributed by atoms with Crippen molar-refractivity contribution in [2.75, 3.05) is 0 Å². The molecule has 7 heteroatoms. The lowest BCUT2D eigenvalue weighted by molar-refractivity contribution is -0.119. The van der Waals surface area contributed by atoms with E-state index in [4.69, 9.17) is 0 Å². The first-order chi connectivity index (χ1) is 14.5. The van der Waals surface area contributed by atoms with Gasteiger partial charge in [-0.05, 0) is 45.0 Å². The summed E-state index contributed by atoms with van der Waals surface area (Å²) in [5.41, 5.74) is 6.08. The summed E-state index contributed by atoms with van der Waals surface area (Å²) in [6, 6.07) is 7.74. The molecule has 0 bridgehead atoms. The average molecular weight is 398 g/mol. The molecule has 0 fully saturated rings. The van der Waals surface area contributed by atoms with E-state index >= 15 is 0 Å². The van der Waals surface area contributed by atoms with Gasteiger partial charge in [0.25, 0.3) is 0 Å². The Labute approximate surface area is 174 Å². The highest BCUT2D eigenvalue weighted by Crippen LogP contribution is 2.23. The maximum Gasteiger partial charge on any atom is 0.158 e. The predicted molar refractivity (Wildman–Crippen MR) is 114 cm³/mol. The fourth-order valence-electron chi connectivity index (χ4n) is 3.35. The number of aromatic nitrogens is 6. The topological polar surface area (TPSA) is 86.5 Å². The van der Waals surface area contributed by atoms with E-state index in [0.29, 0.717) is 0 Å². The smallest absolute Gasteiger partial charge is 0.158 e. The van der Waals surface area contributed by atoms with Gasteiger partial charge >= 0.3 is 0 Å². The van der Waals surface area contributed by atoms with Crippen molar-refractivity contribution in [3.8, 4) is 22.5 Å². The van der Waals surface area contributed by atoms with E-state index in [9.17, 15) is 4.79 Å². The Morgan fingerprint density at radius 1 is 0.900 bits per heavy atom. The lowest BCUT2D eigenvalue weighted by Gasteiger charge is -2.08. The van der Waals surface area contributed by atoms with E-state index in [1.54, 1.807) is 24.8 Å². The molecule has 4 heterocycles. The van der Waals surface area contributed by atoms with Crippen LogP contribution in [0.3, 0.4) is 0 Å². The molecule has 4 aromatic rings. The molecule has 0 saturated heterocycles. The van der Waals surface area contributed by atoms with Crippen LogP contribution in [0, 0.1) is 20.8 Å². The largest absolute Gasteiger partial charge is 0.324 e. The van der Waals surface area contributed by atoms with Crippen LogP contribution in [0.4, 0.5) is 0 Å². The van der Waals surface area contributed by atoms with E-state index in [2.05, 4.69) is 24.9 Å². The van der Waals surface area contributed by atoms with Crippen LogP contribution in [0.25, 0.3) is 22.5 Å². The standard InChI is InChI=1S/C23H22N6O/c1-15-4-5-19(12-26-15)23-16(2)29(17(3)28-23)14-21(30)10-20-7-6-18(11-27-20)22-13-24-8-9-25-22/h4-9,11-13H,10,14H2,1-3H3. The summed E-state index contributed by atoms with van der Waals surface area (Å²) in [6.07, 6.45) is 8.77. The molecular formula is C23H22N6O. The number of nitrogens with zero attached hydrogens (tertiary/aromatic N) is 6. The van der Waals surface area contributed by atoms with Gasteiger partial charge in [-0.15, -0.1) is 0 Å². The monoisotopic (exact) mass is 398 g/mol. The summed E-state index contributed by atoms with van der Waals surface area (Å²) < 4.78 is 1.95. The minimum Gasteiger partial charge on any atom is -0.324 e. The number of Topliss-reactive ketones (excluding diaryl/α,β-unsaturated/α-hetero) is 1. The van der Waals surface area contributed by atoms with Crippen LogP contribution in [0.2, 0.25) is 0 Å². The van der Waals surface area contributed by atoms with Crippen molar-refractivity contribution in [3.63, 3.8) is 0 Å². The van der Waals surface area contributed by atoms with Crippen LogP contribution in [-0.4, -0.2) is 35.3 Å². The fraction of sp³-hybridized carbons (Fsp3) is 0.217. The zero-order valence-electron chi connectivity index (χ0n) is 17.2. The van der Waals surface area contributed by atoms with Crippen molar-refractivity contribution >= 4 is 5.78 Å². The van der Waals surface area contributed by atoms with Crippen molar-refractivity contribution in [1.29, 1.82) is 0 Å². The molecule has 0 aromatic carbocycles. The van der Waals surface area contributed by atoms with Crippen molar-refractivity contribution in [2.24, 2.45) is 0 Å². The molecule has 0 spiro atoms. The van der Waals surface area contributed by atoms with Gasteiger partial charge in [0.15, 0.2) is 5.78 Å². The predicted octanol–water partition coefficient (Wildman–Crippen LogP) is 3.53. The van der Waals surface area contributed by atoms with Gasteiger partial charge in [0, 0.05) is 53.0 Å². The highest BCUT2D eigenvalue weighted by molar-refractivity contribution is 5.81. The molecule has 0 aliphatic carbocycles. The Bertz CT molecular complexity index is 1170. The third kappa shape index (κ3) is 4.15. The number of hydrogen-bond donors (Lipinski definition) is 0. The van der Waals surface area contributed by atoms with E-state index in [1.807, 2.05) is 55.8 Å². The Balaban J connectivity index is 1.47. The number of carbonyl (C=O) groups excluding carboxylic acids is 1. The summed E-state index contributed by atoms with van der Waals surface area (Å²) in [5.74, 6) is 0.884. The first-order valence-corrected chi connectivity index (χ1v) is 9.71. The van der Waals surface area contributed by atoms with E-state index in [1.165, 1.54) is 0 Å². The highest BCUT2D eigenvalue weighted by atomic mass is 16.1. The molecule has 150 valence electrons. The number of ketones is 1. The molecule has 0 aliphatic heterocycles. The second-order valence-corrected chi connectivity index (χ2v) is 7.21. The zero-order chi connectivity index (χ0) is 21.1. The molecule has 30 heavy (non-hydrogen) atoms. The molecule has 0 atom stereocenters. The number of pyridine rings is 2. The summed E-state index contributed by atoms with van der Waals surface area (Å²) in [5, 5.41) is 0. The molecule has 4 aromatic heterocycles. The average Bonchev–Trinajstić information content (AvgIpc) is 3.04. The normalized spacial score (nSPS) is 10.9. The van der Waals surface area contributed by atoms with Gasteiger partial charge in [-0.25, -0.2) is 4.98 Å². The number of hydrogen-bond acceptors (Lipinski definition) is 6. The van der Waals surface area contributed by atoms with Gasteiger partial charge in [-0.2, -0.15) is 0 Å². The summed E-state index contributed by atoms with van der Waals surface area (Å²) in [6.45, 7) is 6.11. The van der Waals surface area contributed by atoms with Gasteiger partial charge < -0.3 is 4.57 Å². The van der Waals surface area contributed by atoms with Crippen molar-refractivity contribution < 1.29 is 4.79 Å². The highest BCUT2D eigenvalue weighted by Gasteiger charge is 2.16. The molecule has 0 aliphatic rings. The van der Waals surface area contributed by atoms with Crippen molar-refractivity contribution in [1.82, 2.24) is 29.5 Å². The third-order valence-electron chi connectivity index (χ3n) is 4.99. The molecule has 0 radical (unpaired) electrons. The fourth-order valence-corrected chi connectivity index (χ4v) is 3.35. The van der Waals surface area contributed by atoms with Crippen LogP contribution in [-0.2, 0) is 17.8 Å². The summed E-state index contributed by atoms with van der Waals surface area (Å²) >= 11 is 0. The molecule has 7 nitrogen and oxygen atoms in total. The van der Waals surface area contributed by atoms with Crippen LogP contribution in [0.1, 0.15) is 22.9 Å². The van der Waals surface area contributed by atoms with E-state index < -0.39 is 0 Å². The molecule has 4 rings (SSSR count). The first kappa shape index (κ1) is 19.6. The number of rotatable bonds is 6. The summed E-state index contributed by atoms with van der Waals surface area (Å²) in [4.78, 5) is 34.5. The molecule has 0 amide bonds. The Morgan fingerprint density at radius 2 is 1.70 bits per heavy atom. The molecule has 0 N–H and O–H groups in total. The second kappa shape index (κ2) is 8.32. The van der Waals surface area contributed by atoms with Crippen LogP contribution in [0.5, 0.6) is 0 Å². The third-order valence-corrected chi connectivity index (χ3v) is 4.99. The van der Waals surface area contributed by atoms with Crippen LogP contribution in [0.15, 0.2) is 55.2 Å². The Hall–Kier alpha value is -3.74. The lowest BCUT2D eigenvalue weighted by Crippen LogP contribution is -2.15. The van der Waals surface area contributed by atoms with Gasteiger partial charge in [0.1, 0.15) is 5.82 Å². The molecule has 0 saturated carbocycles. The Morgan fingerprint density at radius 3 is 2.37 bits per heavy atom. The SMILES string of the molecule is Cc1ccc(-c2nc(C)n(CC(=O)Cc3ccc(-c4cnccn4)cn3)c2C)cn1. The van der Waals surface area contributed by atoms with Gasteiger partial charge in [0.2, 0.25) is 0 Å². The minimum atomic E-state index is 0.0759. The first-order valence-electron chi connectivity index (χ1n) is 9.71. The minimum absolute atomic E-state index is 0.0759. The van der Waals surface area contributed by atoms with Crippen molar-refractivity contribution in [2.45, 2.75) is 33.7 Å². The maximum absolute atomic E-state index is 12.7. The second-order valence-electron chi connectivity index (χ2n) is 7.21. The van der Waals surface area contributed by atoms with Gasteiger partial charge in [0.05, 0.1) is 30.6 Å². The number of imidazole rings is 1. The number of aryl methyl sites for hydroxylation is 2. The van der Waals surface area contributed by atoms with Crippen LogP contribution < -0.4 is 0 Å². The zero-order valence-corrected chi connectivity index (χ0v) is 17.2. The summed E-state index contributed by atoms with van der Waals surface area (Å²) in [7, 11) is 0. The maximum atomic E-state index is 12.7. The van der Waals surface area contributed by atoms with Gasteiger partial charge in [-0.1, -0.05) is 0 Å². The Kier molecular flexibility index (Phi) is 5.43. The van der Waals surface area contributed by atoms with E-state index in [-0.39, 0.29) is 18.7 Å². The quantitative estimate of drug-likeness (QED) is 0.494. The van der Waals surface area contributed by atoms with Crippen LogP contribution >= 0.6 is 0 Å². The van der Waals surface area contributed by atoms with E-state index in [0.717, 1.165) is 45.4 Å². The molecular weight excluding hydrogens is 376 g/mol. The lowest BCUT2D eigenvalue weighted by atomic mass is 10.1. The molecule has 0 unspecified atom stereocenters. The van der Waals surface area contributed by atoms with Crippen molar-refractivity contribution in [3.05, 3.63) is 78.2 Å².